The molecule has 1 aromatic rings. The molecule has 2 atom stereocenters. The van der Waals surface area contributed by atoms with E-state index in [1.165, 1.54) is 6.33 Å². The molecule has 1 fully saturated rings. The fourth-order valence-corrected chi connectivity index (χ4v) is 1.71. The number of aromatic nitrogens is 3. The van der Waals surface area contributed by atoms with E-state index in [-0.39, 0.29) is 6.04 Å². The van der Waals surface area contributed by atoms with Crippen LogP contribution < -0.4 is 10.6 Å². The van der Waals surface area contributed by atoms with Gasteiger partial charge in [-0.25, -0.2) is 13.8 Å². The zero-order chi connectivity index (χ0) is 12.5. The van der Waals surface area contributed by atoms with Crippen LogP contribution in [0.15, 0.2) is 6.33 Å². The average Bonchev–Trinajstić information content (AvgIpc) is 2.86. The van der Waals surface area contributed by atoms with Gasteiger partial charge in [0.1, 0.15) is 12.2 Å². The minimum Gasteiger partial charge on any atom is -0.345 e. The molecule has 1 amide bonds. The highest BCUT2D eigenvalue weighted by Gasteiger charge is 2.42. The summed E-state index contributed by atoms with van der Waals surface area (Å²) in [6, 6.07) is -1.24. The molecule has 1 saturated heterocycles. The molecule has 0 aliphatic carbocycles. The Morgan fingerprint density at radius 2 is 2.47 bits per heavy atom. The van der Waals surface area contributed by atoms with Crippen molar-refractivity contribution in [2.24, 2.45) is 0 Å². The largest absolute Gasteiger partial charge is 0.345 e. The molecule has 0 saturated carbocycles. The molecule has 6 nitrogen and oxygen atoms in total. The zero-order valence-electron chi connectivity index (χ0n) is 9.20. The quantitative estimate of drug-likeness (QED) is 0.699. The van der Waals surface area contributed by atoms with Gasteiger partial charge in [-0.05, 0) is 6.92 Å². The van der Waals surface area contributed by atoms with Crippen molar-refractivity contribution >= 4 is 5.91 Å². The maximum absolute atomic E-state index is 12.9. The third kappa shape index (κ3) is 2.76. The molecule has 0 radical (unpaired) electrons. The summed E-state index contributed by atoms with van der Waals surface area (Å²) in [4.78, 5) is 15.5. The van der Waals surface area contributed by atoms with Crippen molar-refractivity contribution in [3.8, 4) is 0 Å². The summed E-state index contributed by atoms with van der Waals surface area (Å²) in [5, 5.41) is 11.3. The Hall–Kier alpha value is -1.57. The third-order valence-electron chi connectivity index (χ3n) is 2.63. The molecule has 17 heavy (non-hydrogen) atoms. The predicted octanol–water partition coefficient (Wildman–Crippen LogP) is -0.0209. The molecule has 94 valence electrons. The highest BCUT2D eigenvalue weighted by Crippen LogP contribution is 2.25. The van der Waals surface area contributed by atoms with Gasteiger partial charge in [-0.1, -0.05) is 0 Å². The smallest absolute Gasteiger partial charge is 0.262 e. The summed E-state index contributed by atoms with van der Waals surface area (Å²) in [5.41, 5.74) is 0. The van der Waals surface area contributed by atoms with Crippen LogP contribution in [0.5, 0.6) is 0 Å². The lowest BCUT2D eigenvalue weighted by Crippen LogP contribution is -2.41. The van der Waals surface area contributed by atoms with Gasteiger partial charge in [0.25, 0.3) is 5.92 Å². The molecule has 0 bridgehead atoms. The van der Waals surface area contributed by atoms with E-state index >= 15 is 0 Å². The fourth-order valence-electron chi connectivity index (χ4n) is 1.71. The number of H-pyrrole nitrogens is 1. The molecule has 2 heterocycles. The van der Waals surface area contributed by atoms with E-state index < -0.39 is 30.8 Å². The van der Waals surface area contributed by atoms with Crippen LogP contribution >= 0.6 is 0 Å². The van der Waals surface area contributed by atoms with E-state index in [2.05, 4.69) is 25.8 Å². The lowest BCUT2D eigenvalue weighted by molar-refractivity contribution is -0.124. The Bertz CT molecular complexity index is 394. The normalized spacial score (nSPS) is 24.5. The Kier molecular flexibility index (Phi) is 3.05. The molecule has 0 spiro atoms. The summed E-state index contributed by atoms with van der Waals surface area (Å²) in [5.74, 6) is -2.77. The summed E-state index contributed by atoms with van der Waals surface area (Å²) in [6.45, 7) is 1.24. The molecule has 1 aliphatic rings. The molecule has 1 aromatic heterocycles. The standard InChI is InChI=1S/C9H13F2N5O/c1-5(7-13-4-14-16-7)15-8(17)6-2-9(10,11)3-12-6/h4-6,12H,2-3H2,1H3,(H,15,17)(H,13,14,16). The number of hydrogen-bond acceptors (Lipinski definition) is 4. The molecular weight excluding hydrogens is 232 g/mol. The summed E-state index contributed by atoms with van der Waals surface area (Å²) in [6.07, 6.45) is 0.849. The first-order valence-corrected chi connectivity index (χ1v) is 5.25. The number of nitrogens with one attached hydrogen (secondary N) is 3. The molecule has 3 N–H and O–H groups in total. The molecule has 8 heteroatoms. The number of carbonyl (C=O) groups is 1. The Labute approximate surface area is 96.2 Å². The van der Waals surface area contributed by atoms with Crippen LogP contribution in [0.4, 0.5) is 8.78 Å². The van der Waals surface area contributed by atoms with Crippen molar-refractivity contribution in [2.75, 3.05) is 6.54 Å². The number of aromatic amines is 1. The first-order chi connectivity index (χ1) is 7.98. The molecule has 0 aromatic carbocycles. The van der Waals surface area contributed by atoms with E-state index in [0.29, 0.717) is 5.82 Å². The van der Waals surface area contributed by atoms with Gasteiger partial charge in [0, 0.05) is 6.42 Å². The third-order valence-corrected chi connectivity index (χ3v) is 2.63. The van der Waals surface area contributed by atoms with Crippen LogP contribution in [0, 0.1) is 0 Å². The van der Waals surface area contributed by atoms with E-state index in [0.717, 1.165) is 0 Å². The molecule has 2 unspecified atom stereocenters. The van der Waals surface area contributed by atoms with Gasteiger partial charge in [0.2, 0.25) is 5.91 Å². The van der Waals surface area contributed by atoms with Crippen LogP contribution in [-0.4, -0.2) is 39.6 Å². The van der Waals surface area contributed by atoms with E-state index in [9.17, 15) is 13.6 Å². The van der Waals surface area contributed by atoms with Crippen molar-refractivity contribution in [3.05, 3.63) is 12.2 Å². The molecule has 1 aliphatic heterocycles. The van der Waals surface area contributed by atoms with Crippen LogP contribution in [0.1, 0.15) is 25.2 Å². The number of amides is 1. The maximum atomic E-state index is 12.9. The van der Waals surface area contributed by atoms with Gasteiger partial charge >= 0.3 is 0 Å². The zero-order valence-corrected chi connectivity index (χ0v) is 9.20. The fraction of sp³-hybridized carbons (Fsp3) is 0.667. The number of carbonyl (C=O) groups excluding carboxylic acids is 1. The number of nitrogens with zero attached hydrogens (tertiary/aromatic N) is 2. The highest BCUT2D eigenvalue weighted by molar-refractivity contribution is 5.82. The summed E-state index contributed by atoms with van der Waals surface area (Å²) in [7, 11) is 0. The van der Waals surface area contributed by atoms with Gasteiger partial charge in [-0.15, -0.1) is 0 Å². The second-order valence-electron chi connectivity index (χ2n) is 4.09. The lowest BCUT2D eigenvalue weighted by atomic mass is 10.1. The Balaban J connectivity index is 1.90. The second-order valence-corrected chi connectivity index (χ2v) is 4.09. The monoisotopic (exact) mass is 245 g/mol. The first-order valence-electron chi connectivity index (χ1n) is 5.25. The van der Waals surface area contributed by atoms with Crippen LogP contribution in [0.3, 0.4) is 0 Å². The van der Waals surface area contributed by atoms with E-state index in [1.54, 1.807) is 6.92 Å². The van der Waals surface area contributed by atoms with Crippen LogP contribution in [0.25, 0.3) is 0 Å². The number of alkyl halides is 2. The molecule has 2 rings (SSSR count). The van der Waals surface area contributed by atoms with Gasteiger partial charge in [-0.2, -0.15) is 5.10 Å². The number of halogens is 2. The van der Waals surface area contributed by atoms with Crippen molar-refractivity contribution in [2.45, 2.75) is 31.4 Å². The second kappa shape index (κ2) is 4.36. The molecular formula is C9H13F2N5O. The number of rotatable bonds is 3. The minimum absolute atomic E-state index is 0.388. The SMILES string of the molecule is CC(NC(=O)C1CC(F)(F)CN1)c1ncn[nH]1. The first kappa shape index (κ1) is 11.9. The van der Waals surface area contributed by atoms with Gasteiger partial charge < -0.3 is 5.32 Å². The van der Waals surface area contributed by atoms with Crippen LogP contribution in [-0.2, 0) is 4.79 Å². The van der Waals surface area contributed by atoms with Gasteiger partial charge in [0.15, 0.2) is 0 Å². The predicted molar refractivity (Wildman–Crippen MR) is 54.3 cm³/mol. The topological polar surface area (TPSA) is 82.7 Å². The van der Waals surface area contributed by atoms with Crippen LogP contribution in [0.2, 0.25) is 0 Å². The van der Waals surface area contributed by atoms with Gasteiger partial charge in [-0.3, -0.25) is 15.2 Å². The van der Waals surface area contributed by atoms with Crippen molar-refractivity contribution in [3.63, 3.8) is 0 Å². The Morgan fingerprint density at radius 1 is 1.71 bits per heavy atom. The maximum Gasteiger partial charge on any atom is 0.262 e. The van der Waals surface area contributed by atoms with Gasteiger partial charge in [0.05, 0.1) is 18.6 Å². The van der Waals surface area contributed by atoms with E-state index in [4.69, 9.17) is 0 Å². The lowest BCUT2D eigenvalue weighted by Gasteiger charge is -2.15. The summed E-state index contributed by atoms with van der Waals surface area (Å²) >= 11 is 0. The average molecular weight is 245 g/mol. The minimum atomic E-state index is -2.81. The Morgan fingerprint density at radius 3 is 3.00 bits per heavy atom. The highest BCUT2D eigenvalue weighted by atomic mass is 19.3. The van der Waals surface area contributed by atoms with Crippen molar-refractivity contribution in [1.29, 1.82) is 0 Å². The van der Waals surface area contributed by atoms with Crippen molar-refractivity contribution < 1.29 is 13.6 Å². The number of hydrogen-bond donors (Lipinski definition) is 3. The van der Waals surface area contributed by atoms with E-state index in [1.807, 2.05) is 0 Å². The van der Waals surface area contributed by atoms with Crippen molar-refractivity contribution in [1.82, 2.24) is 25.8 Å². The summed E-state index contributed by atoms with van der Waals surface area (Å²) < 4.78 is 25.8.